The monoisotopic (exact) mass is 489 g/mol. The van der Waals surface area contributed by atoms with Crippen LogP contribution in [0.15, 0.2) is 48.5 Å². The predicted molar refractivity (Wildman–Crippen MR) is 130 cm³/mol. The molecule has 1 unspecified atom stereocenters. The van der Waals surface area contributed by atoms with Gasteiger partial charge in [0, 0.05) is 18.7 Å². The Kier molecular flexibility index (Phi) is 8.51. The van der Waals surface area contributed by atoms with Crippen molar-refractivity contribution in [2.75, 3.05) is 50.0 Å². The van der Waals surface area contributed by atoms with E-state index in [1.807, 2.05) is 31.2 Å². The molecule has 1 saturated heterocycles. The highest BCUT2D eigenvalue weighted by atomic mass is 32.2. The summed E-state index contributed by atoms with van der Waals surface area (Å²) in [4.78, 5) is 26.9. The maximum absolute atomic E-state index is 12.6. The number of nitrogens with zero attached hydrogens (tertiary/aromatic N) is 2. The number of hydrogen-bond acceptors (Lipinski definition) is 6. The fraction of sp³-hybridized carbons (Fsp3) is 0.417. The number of amides is 2. The van der Waals surface area contributed by atoms with E-state index in [1.165, 1.54) is 12.1 Å². The van der Waals surface area contributed by atoms with Crippen LogP contribution in [0.1, 0.15) is 22.8 Å². The molecular weight excluding hydrogens is 458 g/mol. The number of nitrogens with one attached hydrogen (secondary N) is 1. The Balaban J connectivity index is 1.60. The summed E-state index contributed by atoms with van der Waals surface area (Å²) in [5, 5.41) is 2.76. The van der Waals surface area contributed by atoms with E-state index in [1.54, 1.807) is 24.0 Å². The summed E-state index contributed by atoms with van der Waals surface area (Å²) in [7, 11) is -3.73. The molecule has 34 heavy (non-hydrogen) atoms. The summed E-state index contributed by atoms with van der Waals surface area (Å²) in [6, 6.07) is 13.4. The van der Waals surface area contributed by atoms with E-state index < -0.39 is 15.9 Å². The number of morpholine rings is 1. The Bertz CT molecular complexity index is 1080. The van der Waals surface area contributed by atoms with Gasteiger partial charge < -0.3 is 19.7 Å². The normalized spacial score (nSPS) is 14.9. The number of sulfonamides is 1. The lowest BCUT2D eigenvalue weighted by molar-refractivity contribution is -0.120. The number of aryl methyl sites for hydroxylation is 1. The maximum atomic E-state index is 12.6. The van der Waals surface area contributed by atoms with Crippen LogP contribution in [0.25, 0.3) is 0 Å². The summed E-state index contributed by atoms with van der Waals surface area (Å²) in [5.74, 6) is 0.0935. The summed E-state index contributed by atoms with van der Waals surface area (Å²) in [6.45, 7) is 5.64. The van der Waals surface area contributed by atoms with E-state index in [2.05, 4.69) is 5.32 Å². The molecule has 0 spiro atoms. The predicted octanol–water partition coefficient (Wildman–Crippen LogP) is 1.82. The maximum Gasteiger partial charge on any atom is 0.254 e. The molecule has 2 aromatic rings. The average molecular weight is 490 g/mol. The lowest BCUT2D eigenvalue weighted by Gasteiger charge is -2.27. The van der Waals surface area contributed by atoms with Crippen molar-refractivity contribution in [3.05, 3.63) is 59.7 Å². The Morgan fingerprint density at radius 2 is 1.71 bits per heavy atom. The fourth-order valence-electron chi connectivity index (χ4n) is 3.47. The molecule has 10 heteroatoms. The third-order valence-electron chi connectivity index (χ3n) is 5.32. The largest absolute Gasteiger partial charge is 0.491 e. The third kappa shape index (κ3) is 7.19. The van der Waals surface area contributed by atoms with Crippen molar-refractivity contribution in [2.45, 2.75) is 19.9 Å². The van der Waals surface area contributed by atoms with Crippen molar-refractivity contribution in [3.63, 3.8) is 0 Å². The molecule has 0 radical (unpaired) electrons. The molecule has 1 aliphatic heterocycles. The highest BCUT2D eigenvalue weighted by molar-refractivity contribution is 7.92. The van der Waals surface area contributed by atoms with Crippen LogP contribution in [0.2, 0.25) is 0 Å². The van der Waals surface area contributed by atoms with Gasteiger partial charge in [-0.15, -0.1) is 0 Å². The molecule has 0 aliphatic carbocycles. The molecule has 2 aromatic carbocycles. The van der Waals surface area contributed by atoms with E-state index >= 15 is 0 Å². The van der Waals surface area contributed by atoms with E-state index in [0.717, 1.165) is 16.1 Å². The van der Waals surface area contributed by atoms with Gasteiger partial charge in [-0.05, 0) is 50.2 Å². The number of hydrogen-bond donors (Lipinski definition) is 1. The molecule has 9 nitrogen and oxygen atoms in total. The molecule has 0 aromatic heterocycles. The Hall–Kier alpha value is -3.11. The zero-order chi connectivity index (χ0) is 24.7. The molecule has 1 heterocycles. The Labute approximate surface area is 200 Å². The average Bonchev–Trinajstić information content (AvgIpc) is 2.82. The molecule has 0 saturated carbocycles. The van der Waals surface area contributed by atoms with Gasteiger partial charge in [-0.3, -0.25) is 13.9 Å². The Morgan fingerprint density at radius 1 is 1.09 bits per heavy atom. The number of benzene rings is 2. The first kappa shape index (κ1) is 25.5. The number of carbonyl (C=O) groups excluding carboxylic acids is 2. The summed E-state index contributed by atoms with van der Waals surface area (Å²) in [5.41, 5.74) is 1.87. The zero-order valence-corrected chi connectivity index (χ0v) is 20.5. The van der Waals surface area contributed by atoms with Gasteiger partial charge in [-0.25, -0.2) is 8.42 Å². The molecule has 2 amide bonds. The molecule has 184 valence electrons. The zero-order valence-electron chi connectivity index (χ0n) is 19.7. The number of rotatable bonds is 9. The van der Waals surface area contributed by atoms with Crippen molar-refractivity contribution >= 4 is 27.5 Å². The van der Waals surface area contributed by atoms with E-state index in [9.17, 15) is 18.0 Å². The van der Waals surface area contributed by atoms with E-state index in [0.29, 0.717) is 43.3 Å². The minimum absolute atomic E-state index is 0.138. The lowest BCUT2D eigenvalue weighted by atomic mass is 10.1. The minimum atomic E-state index is -3.73. The first-order valence-electron chi connectivity index (χ1n) is 11.1. The second-order valence-corrected chi connectivity index (χ2v) is 10.2. The molecular formula is C24H31N3O6S. The van der Waals surface area contributed by atoms with Crippen LogP contribution in [0.5, 0.6) is 5.75 Å². The van der Waals surface area contributed by atoms with Crippen LogP contribution in [0, 0.1) is 6.92 Å². The molecule has 1 atom stereocenters. The molecule has 1 fully saturated rings. The van der Waals surface area contributed by atoms with Gasteiger partial charge in [0.15, 0.2) is 0 Å². The lowest BCUT2D eigenvalue weighted by Crippen LogP contribution is -2.45. The first-order chi connectivity index (χ1) is 16.1. The van der Waals surface area contributed by atoms with Crippen LogP contribution in [0.4, 0.5) is 5.69 Å². The number of ether oxygens (including phenoxy) is 2. The Morgan fingerprint density at radius 3 is 2.29 bits per heavy atom. The second kappa shape index (κ2) is 11.3. The summed E-state index contributed by atoms with van der Waals surface area (Å²) < 4.78 is 36.7. The third-order valence-corrected chi connectivity index (χ3v) is 6.46. The van der Waals surface area contributed by atoms with Gasteiger partial charge in [0.1, 0.15) is 18.9 Å². The van der Waals surface area contributed by atoms with Crippen molar-refractivity contribution in [1.82, 2.24) is 10.2 Å². The number of carbonyl (C=O) groups is 2. The summed E-state index contributed by atoms with van der Waals surface area (Å²) in [6.07, 6.45) is 1.04. The van der Waals surface area contributed by atoms with Gasteiger partial charge in [0.2, 0.25) is 15.9 Å². The van der Waals surface area contributed by atoms with Crippen LogP contribution in [-0.4, -0.2) is 76.9 Å². The quantitative estimate of drug-likeness (QED) is 0.576. The SMILES string of the molecule is Cc1ccc(OCC(C)NC(=O)CN(c2ccc(C(=O)N3CCOCC3)cc2)S(C)(=O)=O)cc1. The molecule has 1 aliphatic rings. The minimum Gasteiger partial charge on any atom is -0.491 e. The van der Waals surface area contributed by atoms with Gasteiger partial charge in [0.05, 0.1) is 31.2 Å². The van der Waals surface area contributed by atoms with Gasteiger partial charge in [0.25, 0.3) is 5.91 Å². The van der Waals surface area contributed by atoms with Crippen molar-refractivity contribution in [3.8, 4) is 5.75 Å². The topological polar surface area (TPSA) is 105 Å². The van der Waals surface area contributed by atoms with Crippen LogP contribution >= 0.6 is 0 Å². The smallest absolute Gasteiger partial charge is 0.254 e. The first-order valence-corrected chi connectivity index (χ1v) is 12.9. The van der Waals surface area contributed by atoms with Gasteiger partial charge in [-0.2, -0.15) is 0 Å². The molecule has 0 bridgehead atoms. The molecule has 3 rings (SSSR count). The highest BCUT2D eigenvalue weighted by Crippen LogP contribution is 2.19. The standard InChI is InChI=1S/C24H31N3O6S/c1-18-4-10-22(11-5-18)33-17-19(2)25-23(28)16-27(34(3,30)31)21-8-6-20(7-9-21)24(29)26-12-14-32-15-13-26/h4-11,19H,12-17H2,1-3H3,(H,25,28). The van der Waals surface area contributed by atoms with Crippen LogP contribution < -0.4 is 14.4 Å². The van der Waals surface area contributed by atoms with Crippen LogP contribution in [0.3, 0.4) is 0 Å². The van der Waals surface area contributed by atoms with Crippen molar-refractivity contribution < 1.29 is 27.5 Å². The number of anilines is 1. The molecule has 1 N–H and O–H groups in total. The van der Waals surface area contributed by atoms with E-state index in [4.69, 9.17) is 9.47 Å². The van der Waals surface area contributed by atoms with Crippen LogP contribution in [-0.2, 0) is 19.6 Å². The van der Waals surface area contributed by atoms with E-state index in [-0.39, 0.29) is 25.1 Å². The van der Waals surface area contributed by atoms with Gasteiger partial charge >= 0.3 is 0 Å². The summed E-state index contributed by atoms with van der Waals surface area (Å²) >= 11 is 0. The van der Waals surface area contributed by atoms with Gasteiger partial charge in [-0.1, -0.05) is 17.7 Å². The fourth-order valence-corrected chi connectivity index (χ4v) is 4.32. The highest BCUT2D eigenvalue weighted by Gasteiger charge is 2.23. The second-order valence-electron chi connectivity index (χ2n) is 8.31. The van der Waals surface area contributed by atoms with Crippen molar-refractivity contribution in [2.24, 2.45) is 0 Å². The van der Waals surface area contributed by atoms with Crippen molar-refractivity contribution in [1.29, 1.82) is 0 Å².